The highest BCUT2D eigenvalue weighted by molar-refractivity contribution is 5.21. The van der Waals surface area contributed by atoms with Crippen LogP contribution in [-0.4, -0.2) is 44.8 Å². The van der Waals surface area contributed by atoms with Crippen LogP contribution in [0.15, 0.2) is 0 Å². The molecule has 4 nitrogen and oxygen atoms in total. The topological polar surface area (TPSA) is 69.9 Å². The molecule has 1 saturated heterocycles. The molecule has 34 heavy (non-hydrogen) atoms. The molecule has 0 amide bonds. The number of hydrogen-bond acceptors (Lipinski definition) is 4. The van der Waals surface area contributed by atoms with Crippen molar-refractivity contribution in [2.24, 2.45) is 45.3 Å². The number of aliphatic hydroxyl groups excluding tert-OH is 3. The Hall–Kier alpha value is -0.160. The molecule has 4 heteroatoms. The van der Waals surface area contributed by atoms with Gasteiger partial charge in [-0.2, -0.15) is 0 Å². The Morgan fingerprint density at radius 1 is 0.735 bits per heavy atom. The molecule has 0 radical (unpaired) electrons. The molecule has 3 N–H and O–H groups in total. The van der Waals surface area contributed by atoms with Crippen LogP contribution in [0.25, 0.3) is 0 Å². The van der Waals surface area contributed by atoms with Crippen LogP contribution in [0.5, 0.6) is 0 Å². The summed E-state index contributed by atoms with van der Waals surface area (Å²) in [6, 6.07) is 0. The van der Waals surface area contributed by atoms with E-state index in [4.69, 9.17) is 4.74 Å². The van der Waals surface area contributed by atoms with Gasteiger partial charge in [0.2, 0.25) is 0 Å². The van der Waals surface area contributed by atoms with E-state index >= 15 is 0 Å². The van der Waals surface area contributed by atoms with E-state index in [2.05, 4.69) is 55.4 Å². The molecule has 11 atom stereocenters. The summed E-state index contributed by atoms with van der Waals surface area (Å²) in [6.45, 7) is 18.4. The summed E-state index contributed by atoms with van der Waals surface area (Å²) in [5.74, 6) is 0.984. The maximum absolute atomic E-state index is 11.9. The molecular weight excluding hydrogens is 424 g/mol. The van der Waals surface area contributed by atoms with Gasteiger partial charge in [-0.25, -0.2) is 0 Å². The van der Waals surface area contributed by atoms with E-state index in [-0.39, 0.29) is 56.9 Å². The summed E-state index contributed by atoms with van der Waals surface area (Å²) in [6.07, 6.45) is 7.79. The van der Waals surface area contributed by atoms with Gasteiger partial charge in [0.25, 0.3) is 0 Å². The first kappa shape index (κ1) is 25.5. The number of hydrogen-bond donors (Lipinski definition) is 3. The minimum atomic E-state index is -0.414. The first-order chi connectivity index (χ1) is 15.5. The van der Waals surface area contributed by atoms with Crippen LogP contribution >= 0.6 is 0 Å². The highest BCUT2D eigenvalue weighted by atomic mass is 16.5. The molecular formula is C30H52O4. The molecule has 4 saturated carbocycles. The number of fused-ring (bicyclic) bond motifs is 5. The highest BCUT2D eigenvalue weighted by Gasteiger charge is 2.73. The summed E-state index contributed by atoms with van der Waals surface area (Å²) >= 11 is 0. The number of rotatable bonds is 1. The van der Waals surface area contributed by atoms with Crippen molar-refractivity contribution in [2.75, 3.05) is 0 Å². The van der Waals surface area contributed by atoms with Gasteiger partial charge < -0.3 is 20.1 Å². The van der Waals surface area contributed by atoms with Crippen LogP contribution in [0, 0.1) is 45.3 Å². The van der Waals surface area contributed by atoms with Crippen molar-refractivity contribution < 1.29 is 20.1 Å². The molecule has 0 spiro atoms. The minimum Gasteiger partial charge on any atom is -0.393 e. The monoisotopic (exact) mass is 476 g/mol. The van der Waals surface area contributed by atoms with Crippen LogP contribution in [0.2, 0.25) is 0 Å². The largest absolute Gasteiger partial charge is 0.393 e. The fourth-order valence-electron chi connectivity index (χ4n) is 11.5. The van der Waals surface area contributed by atoms with Gasteiger partial charge in [-0.05, 0) is 124 Å². The van der Waals surface area contributed by atoms with E-state index in [1.165, 1.54) is 6.42 Å². The van der Waals surface area contributed by atoms with Gasteiger partial charge in [0.1, 0.15) is 0 Å². The van der Waals surface area contributed by atoms with Gasteiger partial charge in [-0.1, -0.05) is 34.6 Å². The molecule has 5 fully saturated rings. The summed E-state index contributed by atoms with van der Waals surface area (Å²) in [7, 11) is 0. The third-order valence-electron chi connectivity index (χ3n) is 13.0. The third kappa shape index (κ3) is 3.16. The fourth-order valence-corrected chi connectivity index (χ4v) is 11.5. The van der Waals surface area contributed by atoms with Crippen LogP contribution in [-0.2, 0) is 4.74 Å². The lowest BCUT2D eigenvalue weighted by atomic mass is 9.34. The molecule has 5 rings (SSSR count). The van der Waals surface area contributed by atoms with Gasteiger partial charge in [0, 0.05) is 0 Å². The third-order valence-corrected chi connectivity index (χ3v) is 13.0. The molecule has 0 aromatic carbocycles. The van der Waals surface area contributed by atoms with Crippen LogP contribution in [0.4, 0.5) is 0 Å². The Balaban J connectivity index is 1.54. The van der Waals surface area contributed by atoms with Crippen molar-refractivity contribution >= 4 is 0 Å². The predicted molar refractivity (Wildman–Crippen MR) is 135 cm³/mol. The molecule has 1 aliphatic heterocycles. The second-order valence-electron chi connectivity index (χ2n) is 15.5. The maximum Gasteiger partial charge on any atom is 0.0693 e. The average Bonchev–Trinajstić information content (AvgIpc) is 3.07. The van der Waals surface area contributed by atoms with Crippen molar-refractivity contribution in [3.05, 3.63) is 0 Å². The van der Waals surface area contributed by atoms with Crippen molar-refractivity contribution in [2.45, 2.75) is 143 Å². The summed E-state index contributed by atoms with van der Waals surface area (Å²) in [4.78, 5) is 0. The Labute approximate surface area is 208 Å². The predicted octanol–water partition coefficient (Wildman–Crippen LogP) is 5.71. The highest BCUT2D eigenvalue weighted by Crippen LogP contribution is 2.76. The lowest BCUT2D eigenvalue weighted by molar-refractivity contribution is -0.279. The van der Waals surface area contributed by atoms with Gasteiger partial charge in [-0.15, -0.1) is 0 Å². The van der Waals surface area contributed by atoms with Crippen molar-refractivity contribution in [1.29, 1.82) is 0 Å². The molecule has 5 aliphatic rings. The van der Waals surface area contributed by atoms with E-state index in [1.807, 2.05) is 0 Å². The second kappa shape index (κ2) is 7.45. The number of aliphatic hydroxyl groups is 3. The van der Waals surface area contributed by atoms with E-state index in [0.717, 1.165) is 51.4 Å². The van der Waals surface area contributed by atoms with Gasteiger partial charge in [0.05, 0.1) is 29.5 Å². The fraction of sp³-hybridized carbons (Fsp3) is 1.00. The van der Waals surface area contributed by atoms with Crippen LogP contribution in [0.1, 0.15) is 113 Å². The van der Waals surface area contributed by atoms with E-state index < -0.39 is 6.10 Å². The van der Waals surface area contributed by atoms with Crippen molar-refractivity contribution in [3.63, 3.8) is 0 Å². The molecule has 0 bridgehead atoms. The standard InChI is InChI=1S/C30H52O4/c1-25(2)12-9-13-30(8,34-25)18-10-15-28(6)23(18)19(31)16-21-27(5)14-11-22(33)26(3,4)24(27)20(32)17-29(21,28)7/h18-24,31-33H,9-17H2,1-8H3/t18-,19+,20-,21+,22-,23-,24-,27+,28+,29+,30-/m0/s1. The quantitative estimate of drug-likeness (QED) is 0.453. The summed E-state index contributed by atoms with van der Waals surface area (Å²) in [5, 5.41) is 34.6. The van der Waals surface area contributed by atoms with Crippen LogP contribution < -0.4 is 0 Å². The SMILES string of the molecule is CC1(C)CCC[C@@](C)([C@H]2CC[C@]3(C)[C@@H]2[C@H](O)C[C@@H]2[C@@]4(C)CC[C@H](O)C(C)(C)[C@@H]4[C@@H](O)C[C@]23C)O1. The van der Waals surface area contributed by atoms with Gasteiger partial charge in [-0.3, -0.25) is 0 Å². The lowest BCUT2D eigenvalue weighted by Gasteiger charge is -2.71. The van der Waals surface area contributed by atoms with E-state index in [0.29, 0.717) is 11.8 Å². The zero-order chi connectivity index (χ0) is 25.1. The summed E-state index contributed by atoms with van der Waals surface area (Å²) < 4.78 is 6.83. The van der Waals surface area contributed by atoms with Crippen molar-refractivity contribution in [3.8, 4) is 0 Å². The van der Waals surface area contributed by atoms with Gasteiger partial charge in [0.15, 0.2) is 0 Å². The van der Waals surface area contributed by atoms with E-state index in [1.54, 1.807) is 0 Å². The zero-order valence-electron chi connectivity index (χ0n) is 23.2. The maximum atomic E-state index is 11.9. The zero-order valence-corrected chi connectivity index (χ0v) is 23.2. The van der Waals surface area contributed by atoms with Crippen LogP contribution in [0.3, 0.4) is 0 Å². The minimum absolute atomic E-state index is 0.0247. The molecule has 196 valence electrons. The van der Waals surface area contributed by atoms with Gasteiger partial charge >= 0.3 is 0 Å². The molecule has 1 heterocycles. The first-order valence-corrected chi connectivity index (χ1v) is 14.3. The molecule has 0 aromatic heterocycles. The summed E-state index contributed by atoms with van der Waals surface area (Å²) in [5.41, 5.74) is -0.739. The van der Waals surface area contributed by atoms with E-state index in [9.17, 15) is 15.3 Å². The molecule has 0 unspecified atom stereocenters. The Bertz CT molecular complexity index is 823. The number of ether oxygens (including phenoxy) is 1. The Morgan fingerprint density at radius 3 is 2.06 bits per heavy atom. The normalized spacial score (nSPS) is 58.5. The van der Waals surface area contributed by atoms with Crippen molar-refractivity contribution in [1.82, 2.24) is 0 Å². The smallest absolute Gasteiger partial charge is 0.0693 e. The first-order valence-electron chi connectivity index (χ1n) is 14.3. The average molecular weight is 477 g/mol. The molecule has 4 aliphatic carbocycles. The lowest BCUT2D eigenvalue weighted by Crippen LogP contribution is -2.70. The Kier molecular flexibility index (Phi) is 5.59. The molecule has 0 aromatic rings. The Morgan fingerprint density at radius 2 is 1.41 bits per heavy atom. The second-order valence-corrected chi connectivity index (χ2v) is 15.5.